The number of rotatable bonds is 4. The van der Waals surface area contributed by atoms with E-state index in [2.05, 4.69) is 4.72 Å². The van der Waals surface area contributed by atoms with Crippen LogP contribution in [0.15, 0.2) is 29.2 Å². The Kier molecular flexibility index (Phi) is 4.30. The van der Waals surface area contributed by atoms with Crippen molar-refractivity contribution in [3.05, 3.63) is 29.8 Å². The molecular weight excluding hydrogens is 238 g/mol. The van der Waals surface area contributed by atoms with Gasteiger partial charge in [-0.25, -0.2) is 13.1 Å². The Morgan fingerprint density at radius 2 is 1.71 bits per heavy atom. The molecule has 0 radical (unpaired) electrons. The highest BCUT2D eigenvalue weighted by Crippen LogP contribution is 2.14. The van der Waals surface area contributed by atoms with Crippen LogP contribution in [-0.4, -0.2) is 20.1 Å². The van der Waals surface area contributed by atoms with Crippen LogP contribution in [0.3, 0.4) is 0 Å². The summed E-state index contributed by atoms with van der Waals surface area (Å²) in [7, 11) is -3.45. The van der Waals surface area contributed by atoms with Gasteiger partial charge in [0.05, 0.1) is 11.5 Å². The predicted molar refractivity (Wildman–Crippen MR) is 67.0 cm³/mol. The van der Waals surface area contributed by atoms with E-state index in [4.69, 9.17) is 5.11 Å². The first-order chi connectivity index (χ1) is 7.74. The van der Waals surface area contributed by atoms with Gasteiger partial charge in [0.1, 0.15) is 0 Å². The molecule has 0 saturated heterocycles. The van der Waals surface area contributed by atoms with Crippen LogP contribution in [-0.2, 0) is 16.6 Å². The Hall–Kier alpha value is -0.910. The van der Waals surface area contributed by atoms with Gasteiger partial charge in [0.2, 0.25) is 10.0 Å². The van der Waals surface area contributed by atoms with Crippen molar-refractivity contribution in [1.29, 1.82) is 0 Å². The van der Waals surface area contributed by atoms with Crippen molar-refractivity contribution in [3.63, 3.8) is 0 Å². The number of hydrogen-bond donors (Lipinski definition) is 2. The van der Waals surface area contributed by atoms with Gasteiger partial charge in [-0.2, -0.15) is 0 Å². The first-order valence-electron chi connectivity index (χ1n) is 5.44. The van der Waals surface area contributed by atoms with Crippen LogP contribution >= 0.6 is 0 Å². The third-order valence-corrected chi connectivity index (χ3v) is 3.63. The van der Waals surface area contributed by atoms with Crippen molar-refractivity contribution in [3.8, 4) is 0 Å². The van der Waals surface area contributed by atoms with Crippen LogP contribution in [0.2, 0.25) is 0 Å². The number of aliphatic hydroxyl groups is 1. The van der Waals surface area contributed by atoms with Gasteiger partial charge < -0.3 is 5.11 Å². The van der Waals surface area contributed by atoms with Gasteiger partial charge in [-0.1, -0.05) is 32.9 Å². The average Bonchev–Trinajstić information content (AvgIpc) is 2.26. The lowest BCUT2D eigenvalue weighted by molar-refractivity contribution is 0.282. The highest BCUT2D eigenvalue weighted by atomic mass is 32.2. The molecule has 0 atom stereocenters. The van der Waals surface area contributed by atoms with Gasteiger partial charge in [-0.05, 0) is 23.1 Å². The second-order valence-electron chi connectivity index (χ2n) is 5.19. The molecule has 1 rings (SSSR count). The molecule has 4 nitrogen and oxygen atoms in total. The maximum absolute atomic E-state index is 11.9. The van der Waals surface area contributed by atoms with Crippen molar-refractivity contribution < 1.29 is 13.5 Å². The number of benzene rings is 1. The smallest absolute Gasteiger partial charge is 0.240 e. The van der Waals surface area contributed by atoms with Crippen molar-refractivity contribution in [2.24, 2.45) is 5.41 Å². The largest absolute Gasteiger partial charge is 0.392 e. The molecular formula is C12H19NO3S. The quantitative estimate of drug-likeness (QED) is 0.859. The van der Waals surface area contributed by atoms with Crippen molar-refractivity contribution >= 4 is 10.0 Å². The van der Waals surface area contributed by atoms with Crippen LogP contribution in [0.4, 0.5) is 0 Å². The second kappa shape index (κ2) is 5.16. The standard InChI is InChI=1S/C12H19NO3S/c1-12(2,3)9-13-17(15,16)11-6-4-10(8-14)5-7-11/h4-7,13-14H,8-9H2,1-3H3. The molecule has 1 aromatic rings. The number of aliphatic hydroxyl groups excluding tert-OH is 1. The van der Waals surface area contributed by atoms with E-state index in [-0.39, 0.29) is 16.9 Å². The molecule has 5 heteroatoms. The normalized spacial score (nSPS) is 12.7. The highest BCUT2D eigenvalue weighted by molar-refractivity contribution is 7.89. The molecule has 0 amide bonds. The van der Waals surface area contributed by atoms with E-state index < -0.39 is 10.0 Å². The van der Waals surface area contributed by atoms with E-state index in [1.807, 2.05) is 20.8 Å². The fraction of sp³-hybridized carbons (Fsp3) is 0.500. The van der Waals surface area contributed by atoms with E-state index in [0.717, 1.165) is 0 Å². The zero-order valence-corrected chi connectivity index (χ0v) is 11.2. The van der Waals surface area contributed by atoms with E-state index in [9.17, 15) is 8.42 Å². The first-order valence-corrected chi connectivity index (χ1v) is 6.92. The maximum Gasteiger partial charge on any atom is 0.240 e. The molecule has 0 aliphatic rings. The Morgan fingerprint density at radius 1 is 1.18 bits per heavy atom. The third-order valence-electron chi connectivity index (χ3n) is 2.21. The Balaban J connectivity index is 2.82. The molecule has 0 fully saturated rings. The Labute approximate surface area is 103 Å². The van der Waals surface area contributed by atoms with Gasteiger partial charge in [0.15, 0.2) is 0 Å². The van der Waals surface area contributed by atoms with E-state index in [1.165, 1.54) is 12.1 Å². The molecule has 96 valence electrons. The molecule has 1 aromatic carbocycles. The minimum Gasteiger partial charge on any atom is -0.392 e. The molecule has 0 saturated carbocycles. The fourth-order valence-electron chi connectivity index (χ4n) is 1.17. The monoisotopic (exact) mass is 257 g/mol. The summed E-state index contributed by atoms with van der Waals surface area (Å²) >= 11 is 0. The number of hydrogen-bond acceptors (Lipinski definition) is 3. The lowest BCUT2D eigenvalue weighted by atomic mass is 9.98. The third kappa shape index (κ3) is 4.46. The highest BCUT2D eigenvalue weighted by Gasteiger charge is 2.18. The van der Waals surface area contributed by atoms with Crippen LogP contribution in [0, 0.1) is 5.41 Å². The van der Waals surface area contributed by atoms with Gasteiger partial charge in [-0.3, -0.25) is 0 Å². The van der Waals surface area contributed by atoms with Gasteiger partial charge in [-0.15, -0.1) is 0 Å². The number of nitrogens with one attached hydrogen (secondary N) is 1. The van der Waals surface area contributed by atoms with E-state index >= 15 is 0 Å². The second-order valence-corrected chi connectivity index (χ2v) is 6.95. The predicted octanol–water partition coefficient (Wildman–Crippen LogP) is 1.50. The van der Waals surface area contributed by atoms with E-state index in [0.29, 0.717) is 12.1 Å². The van der Waals surface area contributed by atoms with Crippen LogP contribution in [0.1, 0.15) is 26.3 Å². The maximum atomic E-state index is 11.9. The lowest BCUT2D eigenvalue weighted by Crippen LogP contribution is -2.32. The molecule has 0 heterocycles. The number of sulfonamides is 1. The average molecular weight is 257 g/mol. The summed E-state index contributed by atoms with van der Waals surface area (Å²) in [6.45, 7) is 6.19. The molecule has 2 N–H and O–H groups in total. The van der Waals surface area contributed by atoms with Crippen molar-refractivity contribution in [1.82, 2.24) is 4.72 Å². The minimum atomic E-state index is -3.45. The van der Waals surface area contributed by atoms with Crippen molar-refractivity contribution in [2.45, 2.75) is 32.3 Å². The zero-order chi connectivity index (χ0) is 13.1. The van der Waals surface area contributed by atoms with Crippen LogP contribution in [0.25, 0.3) is 0 Å². The lowest BCUT2D eigenvalue weighted by Gasteiger charge is -2.18. The molecule has 0 bridgehead atoms. The van der Waals surface area contributed by atoms with Crippen molar-refractivity contribution in [2.75, 3.05) is 6.54 Å². The molecule has 0 aliphatic carbocycles. The first kappa shape index (κ1) is 14.2. The Morgan fingerprint density at radius 3 is 2.12 bits per heavy atom. The van der Waals surface area contributed by atoms with Gasteiger partial charge in [0, 0.05) is 6.54 Å². The summed E-state index contributed by atoms with van der Waals surface area (Å²) in [5, 5.41) is 8.88. The summed E-state index contributed by atoms with van der Waals surface area (Å²) in [4.78, 5) is 0.221. The molecule has 0 aliphatic heterocycles. The zero-order valence-electron chi connectivity index (χ0n) is 10.4. The summed E-state index contributed by atoms with van der Waals surface area (Å²) < 4.78 is 26.4. The van der Waals surface area contributed by atoms with Crippen LogP contribution < -0.4 is 4.72 Å². The van der Waals surface area contributed by atoms with Gasteiger partial charge in [0.25, 0.3) is 0 Å². The molecule has 0 unspecified atom stereocenters. The summed E-state index contributed by atoms with van der Waals surface area (Å²) in [6.07, 6.45) is 0. The van der Waals surface area contributed by atoms with Crippen LogP contribution in [0.5, 0.6) is 0 Å². The Bertz CT molecular complexity index is 458. The molecule has 0 aromatic heterocycles. The SMILES string of the molecule is CC(C)(C)CNS(=O)(=O)c1ccc(CO)cc1. The topological polar surface area (TPSA) is 66.4 Å². The van der Waals surface area contributed by atoms with E-state index in [1.54, 1.807) is 12.1 Å². The molecule has 0 spiro atoms. The minimum absolute atomic E-state index is 0.0876. The fourth-order valence-corrected chi connectivity index (χ4v) is 2.45. The molecule has 17 heavy (non-hydrogen) atoms. The van der Waals surface area contributed by atoms with Gasteiger partial charge >= 0.3 is 0 Å². The summed E-state index contributed by atoms with van der Waals surface area (Å²) in [6, 6.07) is 6.20. The summed E-state index contributed by atoms with van der Waals surface area (Å²) in [5.41, 5.74) is 0.595. The summed E-state index contributed by atoms with van der Waals surface area (Å²) in [5.74, 6) is 0.